The second-order valence-electron chi connectivity index (χ2n) is 7.44. The summed E-state index contributed by atoms with van der Waals surface area (Å²) in [6.07, 6.45) is 3.17. The molecule has 2 aliphatic rings. The van der Waals surface area contributed by atoms with Crippen LogP contribution in [0.1, 0.15) is 42.4 Å². The summed E-state index contributed by atoms with van der Waals surface area (Å²) in [4.78, 5) is 15.7. The fourth-order valence-corrected chi connectivity index (χ4v) is 4.01. The van der Waals surface area contributed by atoms with E-state index >= 15 is 0 Å². The number of fused-ring (bicyclic) bond motifs is 1. The van der Waals surface area contributed by atoms with Gasteiger partial charge in [0.25, 0.3) is 5.91 Å². The Kier molecular flexibility index (Phi) is 4.68. The van der Waals surface area contributed by atoms with Crippen LogP contribution in [0.3, 0.4) is 0 Å². The minimum Gasteiger partial charge on any atom is -0.300 e. The van der Waals surface area contributed by atoms with Gasteiger partial charge in [-0.2, -0.15) is 5.10 Å². The number of aromatic nitrogens is 2. The first kappa shape index (κ1) is 17.1. The van der Waals surface area contributed by atoms with Crippen molar-refractivity contribution in [2.24, 2.45) is 0 Å². The van der Waals surface area contributed by atoms with E-state index in [-0.39, 0.29) is 11.9 Å². The van der Waals surface area contributed by atoms with E-state index in [4.69, 9.17) is 0 Å². The Morgan fingerprint density at radius 2 is 1.92 bits per heavy atom. The summed E-state index contributed by atoms with van der Waals surface area (Å²) in [6, 6.07) is 12.3. The normalized spacial score (nSPS) is 21.4. The van der Waals surface area contributed by atoms with Crippen molar-refractivity contribution in [2.75, 3.05) is 25.1 Å². The lowest BCUT2D eigenvalue weighted by Crippen LogP contribution is -2.55. The Hall–Kier alpha value is -2.34. The lowest BCUT2D eigenvalue weighted by atomic mass is 10.1. The number of aryl methyl sites for hydroxylation is 1. The maximum absolute atomic E-state index is 13.4. The molecular formula is C20H27N5O. The van der Waals surface area contributed by atoms with E-state index in [1.807, 2.05) is 34.0 Å². The van der Waals surface area contributed by atoms with Crippen molar-refractivity contribution in [1.29, 1.82) is 0 Å². The molecule has 0 N–H and O–H groups in total. The van der Waals surface area contributed by atoms with Crippen molar-refractivity contribution in [1.82, 2.24) is 19.7 Å². The van der Waals surface area contributed by atoms with E-state index in [1.165, 1.54) is 0 Å². The molecule has 0 spiro atoms. The summed E-state index contributed by atoms with van der Waals surface area (Å²) in [6.45, 7) is 5.78. The van der Waals surface area contributed by atoms with Gasteiger partial charge in [0.2, 0.25) is 0 Å². The Bertz CT molecular complexity index is 772. The molecule has 2 aromatic rings. The van der Waals surface area contributed by atoms with E-state index in [0.29, 0.717) is 5.69 Å². The Morgan fingerprint density at radius 1 is 1.12 bits per heavy atom. The molecule has 0 aliphatic carbocycles. The zero-order chi connectivity index (χ0) is 18.1. The van der Waals surface area contributed by atoms with Crippen LogP contribution >= 0.6 is 0 Å². The van der Waals surface area contributed by atoms with Gasteiger partial charge in [-0.3, -0.25) is 14.5 Å². The van der Waals surface area contributed by atoms with Crippen LogP contribution in [-0.2, 0) is 13.1 Å². The smallest absolute Gasteiger partial charge is 0.293 e. The van der Waals surface area contributed by atoms with Crippen molar-refractivity contribution >= 4 is 11.6 Å². The van der Waals surface area contributed by atoms with Crippen molar-refractivity contribution in [2.45, 2.75) is 45.3 Å². The first-order valence-electron chi connectivity index (χ1n) is 9.55. The standard InChI is InChI=1S/C20H27N5O/c1-16-8-6-13-24(17-9-4-3-5-10-17)25(16)20(26)19-14-18-15-22(2)11-7-12-23(18)21-19/h3-5,9-10,14,16H,6-8,11-13,15H2,1-2H3. The highest BCUT2D eigenvalue weighted by atomic mass is 16.2. The molecule has 26 heavy (non-hydrogen) atoms. The molecule has 2 aliphatic heterocycles. The molecule has 0 saturated carbocycles. The number of carbonyl (C=O) groups excluding carboxylic acids is 1. The first-order chi connectivity index (χ1) is 12.6. The SMILES string of the molecule is CC1CCCN(c2ccccc2)N1C(=O)c1cc2n(n1)CCCN(C)C2. The molecule has 1 aromatic heterocycles. The topological polar surface area (TPSA) is 44.6 Å². The fraction of sp³-hybridized carbons (Fsp3) is 0.500. The van der Waals surface area contributed by atoms with Crippen LogP contribution in [-0.4, -0.2) is 51.8 Å². The van der Waals surface area contributed by atoms with Crippen LogP contribution in [0.4, 0.5) is 5.69 Å². The number of para-hydroxylation sites is 1. The molecular weight excluding hydrogens is 326 g/mol. The molecule has 1 unspecified atom stereocenters. The molecule has 1 saturated heterocycles. The monoisotopic (exact) mass is 353 g/mol. The zero-order valence-corrected chi connectivity index (χ0v) is 15.6. The number of rotatable bonds is 2. The van der Waals surface area contributed by atoms with Gasteiger partial charge in [-0.05, 0) is 51.4 Å². The van der Waals surface area contributed by atoms with Gasteiger partial charge in [-0.15, -0.1) is 0 Å². The van der Waals surface area contributed by atoms with Crippen molar-refractivity contribution in [3.8, 4) is 0 Å². The zero-order valence-electron chi connectivity index (χ0n) is 15.6. The molecule has 4 rings (SSSR count). The molecule has 6 heteroatoms. The van der Waals surface area contributed by atoms with Gasteiger partial charge in [-0.25, -0.2) is 5.01 Å². The molecule has 3 heterocycles. The van der Waals surface area contributed by atoms with Gasteiger partial charge in [0, 0.05) is 26.2 Å². The van der Waals surface area contributed by atoms with Crippen LogP contribution in [0.2, 0.25) is 0 Å². The number of hydrogen-bond donors (Lipinski definition) is 0. The summed E-state index contributed by atoms with van der Waals surface area (Å²) < 4.78 is 2.01. The van der Waals surface area contributed by atoms with Gasteiger partial charge in [-0.1, -0.05) is 18.2 Å². The predicted molar refractivity (Wildman–Crippen MR) is 102 cm³/mol. The van der Waals surface area contributed by atoms with E-state index in [9.17, 15) is 4.79 Å². The van der Waals surface area contributed by atoms with Gasteiger partial charge >= 0.3 is 0 Å². The highest BCUT2D eigenvalue weighted by Gasteiger charge is 2.33. The lowest BCUT2D eigenvalue weighted by Gasteiger charge is -2.44. The van der Waals surface area contributed by atoms with Crippen LogP contribution in [0.15, 0.2) is 36.4 Å². The molecule has 0 radical (unpaired) electrons. The van der Waals surface area contributed by atoms with E-state index in [1.54, 1.807) is 0 Å². The largest absolute Gasteiger partial charge is 0.300 e. The fourth-order valence-electron chi connectivity index (χ4n) is 4.01. The molecule has 138 valence electrons. The Balaban J connectivity index is 1.64. The lowest BCUT2D eigenvalue weighted by molar-refractivity contribution is 0.0601. The highest BCUT2D eigenvalue weighted by molar-refractivity contribution is 5.93. The number of benzene rings is 1. The van der Waals surface area contributed by atoms with Crippen LogP contribution in [0, 0.1) is 0 Å². The van der Waals surface area contributed by atoms with E-state index in [0.717, 1.165) is 56.8 Å². The van der Waals surface area contributed by atoms with Gasteiger partial charge in [0.1, 0.15) is 0 Å². The third-order valence-electron chi connectivity index (χ3n) is 5.36. The number of amides is 1. The molecule has 1 fully saturated rings. The maximum Gasteiger partial charge on any atom is 0.293 e. The summed E-state index contributed by atoms with van der Waals surface area (Å²) in [7, 11) is 2.12. The minimum absolute atomic E-state index is 0.00396. The average molecular weight is 353 g/mol. The molecule has 1 atom stereocenters. The number of anilines is 1. The minimum atomic E-state index is 0.00396. The van der Waals surface area contributed by atoms with E-state index < -0.39 is 0 Å². The number of nitrogens with zero attached hydrogens (tertiary/aromatic N) is 5. The van der Waals surface area contributed by atoms with Crippen LogP contribution in [0.25, 0.3) is 0 Å². The van der Waals surface area contributed by atoms with Crippen LogP contribution < -0.4 is 5.01 Å². The second kappa shape index (κ2) is 7.11. The van der Waals surface area contributed by atoms with Gasteiger partial charge < -0.3 is 4.90 Å². The average Bonchev–Trinajstić information content (AvgIpc) is 2.96. The predicted octanol–water partition coefficient (Wildman–Crippen LogP) is 2.76. The summed E-state index contributed by atoms with van der Waals surface area (Å²) in [5.74, 6) is 0.00396. The van der Waals surface area contributed by atoms with Crippen LogP contribution in [0.5, 0.6) is 0 Å². The summed E-state index contributed by atoms with van der Waals surface area (Å²) >= 11 is 0. The molecule has 0 bridgehead atoms. The number of carbonyl (C=O) groups is 1. The summed E-state index contributed by atoms with van der Waals surface area (Å²) in [5, 5.41) is 8.68. The first-order valence-corrected chi connectivity index (χ1v) is 9.55. The summed E-state index contributed by atoms with van der Waals surface area (Å²) in [5.41, 5.74) is 2.75. The van der Waals surface area contributed by atoms with Gasteiger partial charge in [0.15, 0.2) is 5.69 Å². The molecule has 1 amide bonds. The molecule has 1 aromatic carbocycles. The molecule has 6 nitrogen and oxygen atoms in total. The Labute approximate surface area is 155 Å². The van der Waals surface area contributed by atoms with Crippen molar-refractivity contribution in [3.05, 3.63) is 47.8 Å². The Morgan fingerprint density at radius 3 is 2.73 bits per heavy atom. The quantitative estimate of drug-likeness (QED) is 0.833. The van der Waals surface area contributed by atoms with E-state index in [2.05, 4.69) is 41.1 Å². The third-order valence-corrected chi connectivity index (χ3v) is 5.36. The van der Waals surface area contributed by atoms with Gasteiger partial charge in [0.05, 0.1) is 17.4 Å². The van der Waals surface area contributed by atoms with Crippen molar-refractivity contribution < 1.29 is 4.79 Å². The number of hydrazine groups is 1. The number of hydrogen-bond acceptors (Lipinski definition) is 4. The second-order valence-corrected chi connectivity index (χ2v) is 7.44. The third kappa shape index (κ3) is 3.21. The maximum atomic E-state index is 13.4. The van der Waals surface area contributed by atoms with Crippen molar-refractivity contribution in [3.63, 3.8) is 0 Å². The highest BCUT2D eigenvalue weighted by Crippen LogP contribution is 2.27.